The molecule has 0 radical (unpaired) electrons. The van der Waals surface area contributed by atoms with Crippen molar-refractivity contribution in [1.29, 1.82) is 0 Å². The van der Waals surface area contributed by atoms with E-state index in [2.05, 4.69) is 15.4 Å². The fourth-order valence-corrected chi connectivity index (χ4v) is 2.97. The first kappa shape index (κ1) is 17.2. The number of aryl methyl sites for hydroxylation is 1. The Bertz CT molecular complexity index is 966. The maximum Gasteiger partial charge on any atom is 0.322 e. The van der Waals surface area contributed by atoms with Crippen LogP contribution in [0.3, 0.4) is 0 Å². The number of carbonyl (C=O) groups is 1. The van der Waals surface area contributed by atoms with Crippen LogP contribution in [0.4, 0.5) is 14.9 Å². The second-order valence-corrected chi connectivity index (χ2v) is 6.70. The molecule has 3 aromatic rings. The molecule has 1 aliphatic rings. The molecule has 6 nitrogen and oxygen atoms in total. The minimum absolute atomic E-state index is 0.158. The lowest BCUT2D eigenvalue weighted by Crippen LogP contribution is -2.36. The maximum atomic E-state index is 14.0. The second kappa shape index (κ2) is 7.19. The summed E-state index contributed by atoms with van der Waals surface area (Å²) in [6.07, 6.45) is 3.52. The number of anilines is 1. The summed E-state index contributed by atoms with van der Waals surface area (Å²) in [5.41, 5.74) is 2.00. The quantitative estimate of drug-likeness (QED) is 0.748. The van der Waals surface area contributed by atoms with Crippen molar-refractivity contribution < 1.29 is 9.18 Å². The van der Waals surface area contributed by atoms with Crippen molar-refractivity contribution in [2.45, 2.75) is 25.4 Å². The summed E-state index contributed by atoms with van der Waals surface area (Å²) >= 11 is 0. The molecule has 1 aromatic heterocycles. The van der Waals surface area contributed by atoms with Gasteiger partial charge in [-0.15, -0.1) is 0 Å². The summed E-state index contributed by atoms with van der Waals surface area (Å²) in [6, 6.07) is 13.9. The average molecular weight is 365 g/mol. The molecule has 1 N–H and O–H groups in total. The molecule has 0 spiro atoms. The van der Waals surface area contributed by atoms with Gasteiger partial charge >= 0.3 is 6.03 Å². The van der Waals surface area contributed by atoms with Gasteiger partial charge < -0.3 is 10.2 Å². The van der Waals surface area contributed by atoms with Gasteiger partial charge in [-0.3, -0.25) is 4.68 Å². The Morgan fingerprint density at radius 2 is 2.07 bits per heavy atom. The molecule has 4 rings (SSSR count). The number of amides is 2. The third kappa shape index (κ3) is 3.97. The van der Waals surface area contributed by atoms with E-state index < -0.39 is 0 Å². The van der Waals surface area contributed by atoms with Gasteiger partial charge in [-0.25, -0.2) is 14.2 Å². The third-order valence-electron chi connectivity index (χ3n) is 4.52. The van der Waals surface area contributed by atoms with Gasteiger partial charge in [0.25, 0.3) is 0 Å². The first-order valence-corrected chi connectivity index (χ1v) is 8.87. The van der Waals surface area contributed by atoms with Crippen molar-refractivity contribution in [3.05, 3.63) is 66.2 Å². The van der Waals surface area contributed by atoms with E-state index in [0.717, 1.165) is 18.4 Å². The highest BCUT2D eigenvalue weighted by Gasteiger charge is 2.33. The number of nitrogens with zero attached hydrogens (tertiary/aromatic N) is 4. The number of benzene rings is 2. The summed E-state index contributed by atoms with van der Waals surface area (Å²) in [7, 11) is 1.80. The van der Waals surface area contributed by atoms with E-state index in [4.69, 9.17) is 0 Å². The Labute approximate surface area is 156 Å². The van der Waals surface area contributed by atoms with E-state index >= 15 is 0 Å². The predicted octanol–water partition coefficient (Wildman–Crippen LogP) is 3.82. The molecule has 2 amide bonds. The highest BCUT2D eigenvalue weighted by atomic mass is 19.1. The molecule has 2 aromatic carbocycles. The summed E-state index contributed by atoms with van der Waals surface area (Å²) in [6.45, 7) is 0.255. The smallest absolute Gasteiger partial charge is 0.317 e. The highest BCUT2D eigenvalue weighted by molar-refractivity contribution is 5.90. The van der Waals surface area contributed by atoms with Gasteiger partial charge in [0.1, 0.15) is 12.1 Å². The lowest BCUT2D eigenvalue weighted by Gasteiger charge is -2.23. The van der Waals surface area contributed by atoms with Crippen LogP contribution in [0, 0.1) is 5.82 Å². The molecule has 1 aliphatic carbocycles. The van der Waals surface area contributed by atoms with Gasteiger partial charge in [-0.05, 0) is 31.0 Å². The zero-order valence-corrected chi connectivity index (χ0v) is 15.0. The number of rotatable bonds is 5. The van der Waals surface area contributed by atoms with E-state index in [-0.39, 0.29) is 24.4 Å². The van der Waals surface area contributed by atoms with E-state index in [1.165, 1.54) is 6.07 Å². The molecule has 1 heterocycles. The molecule has 0 bridgehead atoms. The van der Waals surface area contributed by atoms with Crippen molar-refractivity contribution in [2.75, 3.05) is 5.32 Å². The molecule has 1 saturated carbocycles. The minimum Gasteiger partial charge on any atom is -0.317 e. The predicted molar refractivity (Wildman–Crippen MR) is 100 cm³/mol. The zero-order chi connectivity index (χ0) is 18.8. The van der Waals surface area contributed by atoms with Crippen molar-refractivity contribution in [3.63, 3.8) is 0 Å². The number of hydrogen-bond donors (Lipinski definition) is 1. The van der Waals surface area contributed by atoms with Crippen LogP contribution in [0.15, 0.2) is 54.9 Å². The van der Waals surface area contributed by atoms with Gasteiger partial charge in [0.2, 0.25) is 0 Å². The molecule has 0 unspecified atom stereocenters. The zero-order valence-electron chi connectivity index (χ0n) is 15.0. The Balaban J connectivity index is 1.51. The van der Waals surface area contributed by atoms with E-state index in [1.54, 1.807) is 41.2 Å². The van der Waals surface area contributed by atoms with Gasteiger partial charge in [-0.2, -0.15) is 5.10 Å². The van der Waals surface area contributed by atoms with Crippen molar-refractivity contribution in [2.24, 2.45) is 7.05 Å². The fourth-order valence-electron chi connectivity index (χ4n) is 2.97. The summed E-state index contributed by atoms with van der Waals surface area (Å²) in [5.74, 6) is 0.304. The molecular formula is C20H20FN5O. The van der Waals surface area contributed by atoms with Gasteiger partial charge in [0, 0.05) is 29.9 Å². The molecule has 0 atom stereocenters. The molecule has 27 heavy (non-hydrogen) atoms. The summed E-state index contributed by atoms with van der Waals surface area (Å²) in [5, 5.41) is 7.20. The first-order chi connectivity index (χ1) is 13.1. The van der Waals surface area contributed by atoms with Crippen LogP contribution in [0.1, 0.15) is 18.4 Å². The monoisotopic (exact) mass is 365 g/mol. The van der Waals surface area contributed by atoms with Crippen molar-refractivity contribution in [3.8, 4) is 11.4 Å². The van der Waals surface area contributed by atoms with Crippen LogP contribution < -0.4 is 5.32 Å². The van der Waals surface area contributed by atoms with Gasteiger partial charge in [0.05, 0.1) is 6.54 Å². The molecule has 0 saturated heterocycles. The number of halogens is 1. The van der Waals surface area contributed by atoms with E-state index in [9.17, 15) is 9.18 Å². The SMILES string of the molecule is Cn1cnc(-c2cccc(NC(=O)N(Cc3ccccc3F)C3CC3)c2)n1. The number of urea groups is 1. The summed E-state index contributed by atoms with van der Waals surface area (Å²) in [4.78, 5) is 18.7. The topological polar surface area (TPSA) is 63.1 Å². The highest BCUT2D eigenvalue weighted by Crippen LogP contribution is 2.30. The third-order valence-corrected chi connectivity index (χ3v) is 4.52. The van der Waals surface area contributed by atoms with E-state index in [0.29, 0.717) is 17.1 Å². The number of hydrogen-bond acceptors (Lipinski definition) is 3. The molecule has 1 fully saturated rings. The normalized spacial score (nSPS) is 13.4. The minimum atomic E-state index is -0.292. The largest absolute Gasteiger partial charge is 0.322 e. The molecule has 7 heteroatoms. The summed E-state index contributed by atoms with van der Waals surface area (Å²) < 4.78 is 15.6. The fraction of sp³-hybridized carbons (Fsp3) is 0.250. The first-order valence-electron chi connectivity index (χ1n) is 8.87. The van der Waals surface area contributed by atoms with Crippen LogP contribution in [0.2, 0.25) is 0 Å². The maximum absolute atomic E-state index is 14.0. The van der Waals surface area contributed by atoms with E-state index in [1.807, 2.05) is 24.3 Å². The van der Waals surface area contributed by atoms with Crippen molar-refractivity contribution >= 4 is 11.7 Å². The van der Waals surface area contributed by atoms with Gasteiger partial charge in [-0.1, -0.05) is 30.3 Å². The molecular weight excluding hydrogens is 345 g/mol. The molecule has 0 aliphatic heterocycles. The van der Waals surface area contributed by atoms with Crippen LogP contribution in [0.25, 0.3) is 11.4 Å². The Hall–Kier alpha value is -3.22. The lowest BCUT2D eigenvalue weighted by atomic mass is 10.2. The van der Waals surface area contributed by atoms with Crippen molar-refractivity contribution in [1.82, 2.24) is 19.7 Å². The number of carbonyl (C=O) groups excluding carboxylic acids is 1. The lowest BCUT2D eigenvalue weighted by molar-refractivity contribution is 0.205. The van der Waals surface area contributed by atoms with Crippen LogP contribution in [-0.2, 0) is 13.6 Å². The number of aromatic nitrogens is 3. The Morgan fingerprint density at radius 1 is 1.26 bits per heavy atom. The standard InChI is InChI=1S/C20H20FN5O/c1-25-13-22-19(24-25)14-6-4-7-16(11-14)23-20(27)26(17-9-10-17)12-15-5-2-3-8-18(15)21/h2-8,11,13,17H,9-10,12H2,1H3,(H,23,27). The number of nitrogens with one attached hydrogen (secondary N) is 1. The van der Waals surface area contributed by atoms with Crippen LogP contribution >= 0.6 is 0 Å². The average Bonchev–Trinajstić information content (AvgIpc) is 3.41. The second-order valence-electron chi connectivity index (χ2n) is 6.70. The van der Waals surface area contributed by atoms with Crippen LogP contribution in [0.5, 0.6) is 0 Å². The molecule has 138 valence electrons. The Morgan fingerprint density at radius 3 is 2.78 bits per heavy atom. The Kier molecular flexibility index (Phi) is 4.58. The van der Waals surface area contributed by atoms with Crippen LogP contribution in [-0.4, -0.2) is 31.7 Å². The van der Waals surface area contributed by atoms with Gasteiger partial charge in [0.15, 0.2) is 5.82 Å².